The van der Waals surface area contributed by atoms with Gasteiger partial charge in [-0.2, -0.15) is 5.26 Å². The molecule has 3 fully saturated rings. The second-order valence-electron chi connectivity index (χ2n) is 9.15. The quantitative estimate of drug-likeness (QED) is 0.785. The minimum Gasteiger partial charge on any atom is -0.496 e. The third-order valence-electron chi connectivity index (χ3n) is 7.09. The van der Waals surface area contributed by atoms with E-state index in [9.17, 15) is 14.9 Å². The lowest BCUT2D eigenvalue weighted by molar-refractivity contribution is -0.144. The molecular weight excluding hydrogens is 392 g/mol. The van der Waals surface area contributed by atoms with E-state index < -0.39 is 5.54 Å². The number of piperazine rings is 1. The molecule has 0 spiro atoms. The fourth-order valence-corrected chi connectivity index (χ4v) is 4.88. The van der Waals surface area contributed by atoms with E-state index in [2.05, 4.69) is 34.5 Å². The van der Waals surface area contributed by atoms with E-state index >= 15 is 0 Å². The number of carbonyl (C=O) groups is 2. The van der Waals surface area contributed by atoms with Gasteiger partial charge < -0.3 is 19.9 Å². The summed E-state index contributed by atoms with van der Waals surface area (Å²) in [6.45, 7) is 4.86. The van der Waals surface area contributed by atoms with Crippen molar-refractivity contribution in [1.82, 2.24) is 10.2 Å². The van der Waals surface area contributed by atoms with Gasteiger partial charge in [0.2, 0.25) is 11.8 Å². The molecule has 2 aliphatic carbocycles. The summed E-state index contributed by atoms with van der Waals surface area (Å²) in [6.07, 6.45) is 4.86. The van der Waals surface area contributed by atoms with Crippen LogP contribution in [0.3, 0.4) is 0 Å². The molecule has 0 bridgehead atoms. The molecular formula is C24H32N4O3. The number of nitrogens with one attached hydrogen (secondary N) is 1. The van der Waals surface area contributed by atoms with E-state index in [1.807, 2.05) is 11.8 Å². The second kappa shape index (κ2) is 8.78. The number of aryl methyl sites for hydroxylation is 1. The Morgan fingerprint density at radius 3 is 2.42 bits per heavy atom. The maximum absolute atomic E-state index is 13.3. The van der Waals surface area contributed by atoms with E-state index in [0.717, 1.165) is 55.8 Å². The van der Waals surface area contributed by atoms with Crippen molar-refractivity contribution in [3.63, 3.8) is 0 Å². The number of amides is 2. The Labute approximate surface area is 184 Å². The first-order valence-electron chi connectivity index (χ1n) is 11.4. The largest absolute Gasteiger partial charge is 0.496 e. The molecule has 1 saturated heterocycles. The topological polar surface area (TPSA) is 85.7 Å². The molecule has 0 radical (unpaired) electrons. The monoisotopic (exact) mass is 424 g/mol. The highest BCUT2D eigenvalue weighted by Gasteiger charge is 2.47. The first-order chi connectivity index (χ1) is 15.0. The highest BCUT2D eigenvalue weighted by atomic mass is 16.5. The zero-order valence-electron chi connectivity index (χ0n) is 18.5. The molecule has 1 heterocycles. The minimum absolute atomic E-state index is 0.0998. The van der Waals surface area contributed by atoms with Gasteiger partial charge in [0.25, 0.3) is 0 Å². The summed E-state index contributed by atoms with van der Waals surface area (Å²) in [6, 6.07) is 8.43. The predicted molar refractivity (Wildman–Crippen MR) is 118 cm³/mol. The number of rotatable bonds is 5. The number of ether oxygens (including phenoxy) is 1. The van der Waals surface area contributed by atoms with Crippen molar-refractivity contribution in [3.8, 4) is 11.8 Å². The Hall–Kier alpha value is -2.75. The molecule has 31 heavy (non-hydrogen) atoms. The zero-order chi connectivity index (χ0) is 22.0. The maximum atomic E-state index is 13.3. The van der Waals surface area contributed by atoms with Crippen molar-refractivity contribution in [2.45, 2.75) is 51.0 Å². The number of nitriles is 1. The molecule has 7 nitrogen and oxygen atoms in total. The Kier molecular flexibility index (Phi) is 6.08. The summed E-state index contributed by atoms with van der Waals surface area (Å²) in [5, 5.41) is 12.2. The van der Waals surface area contributed by atoms with E-state index in [4.69, 9.17) is 4.74 Å². The Balaban J connectivity index is 1.38. The summed E-state index contributed by atoms with van der Waals surface area (Å²) in [4.78, 5) is 30.4. The summed E-state index contributed by atoms with van der Waals surface area (Å²) in [7, 11) is 1.68. The molecule has 1 aliphatic heterocycles. The first-order valence-corrected chi connectivity index (χ1v) is 11.4. The highest BCUT2D eigenvalue weighted by Crippen LogP contribution is 2.37. The minimum atomic E-state index is -0.678. The summed E-state index contributed by atoms with van der Waals surface area (Å²) < 4.78 is 5.45. The van der Waals surface area contributed by atoms with Crippen LogP contribution < -0.4 is 15.0 Å². The predicted octanol–water partition coefficient (Wildman–Crippen LogP) is 2.63. The zero-order valence-corrected chi connectivity index (χ0v) is 18.5. The lowest BCUT2D eigenvalue weighted by atomic mass is 9.77. The van der Waals surface area contributed by atoms with Crippen LogP contribution in [-0.4, -0.2) is 55.5 Å². The lowest BCUT2D eigenvalue weighted by Crippen LogP contribution is -2.53. The number of carbonyl (C=O) groups excluding carboxylic acids is 2. The molecule has 2 amide bonds. The fraction of sp³-hybridized carbons (Fsp3) is 0.625. The molecule has 1 N–H and O–H groups in total. The molecule has 0 unspecified atom stereocenters. The average molecular weight is 425 g/mol. The molecule has 1 aromatic carbocycles. The smallest absolute Gasteiger partial charge is 0.226 e. The van der Waals surface area contributed by atoms with Crippen LogP contribution in [0.5, 0.6) is 5.75 Å². The maximum Gasteiger partial charge on any atom is 0.226 e. The third-order valence-corrected chi connectivity index (χ3v) is 7.09. The highest BCUT2D eigenvalue weighted by molar-refractivity contribution is 5.89. The van der Waals surface area contributed by atoms with Crippen LogP contribution in [0.25, 0.3) is 0 Å². The van der Waals surface area contributed by atoms with Gasteiger partial charge in [-0.1, -0.05) is 18.9 Å². The Morgan fingerprint density at radius 1 is 1.13 bits per heavy atom. The van der Waals surface area contributed by atoms with Crippen molar-refractivity contribution in [1.29, 1.82) is 5.26 Å². The van der Waals surface area contributed by atoms with Crippen LogP contribution in [-0.2, 0) is 9.59 Å². The van der Waals surface area contributed by atoms with Crippen LogP contribution in [0.15, 0.2) is 18.2 Å². The van der Waals surface area contributed by atoms with Gasteiger partial charge in [0.1, 0.15) is 11.3 Å². The van der Waals surface area contributed by atoms with E-state index in [-0.39, 0.29) is 23.7 Å². The Morgan fingerprint density at radius 2 is 1.81 bits per heavy atom. The van der Waals surface area contributed by atoms with Crippen LogP contribution in [0.1, 0.15) is 44.1 Å². The summed E-state index contributed by atoms with van der Waals surface area (Å²) >= 11 is 0. The number of hydrogen-bond acceptors (Lipinski definition) is 5. The van der Waals surface area contributed by atoms with Crippen molar-refractivity contribution >= 4 is 17.5 Å². The van der Waals surface area contributed by atoms with Gasteiger partial charge >= 0.3 is 0 Å². The molecule has 0 aromatic heterocycles. The molecule has 4 rings (SSSR count). The number of nitrogens with zero attached hydrogens (tertiary/aromatic N) is 3. The van der Waals surface area contributed by atoms with Crippen molar-refractivity contribution in [3.05, 3.63) is 23.8 Å². The third kappa shape index (κ3) is 4.48. The average Bonchev–Trinajstić information content (AvgIpc) is 3.59. The number of methoxy groups -OCH3 is 1. The number of benzene rings is 1. The van der Waals surface area contributed by atoms with Crippen LogP contribution in [0, 0.1) is 30.1 Å². The molecule has 3 aliphatic rings. The van der Waals surface area contributed by atoms with Crippen LogP contribution in [0.4, 0.5) is 5.69 Å². The van der Waals surface area contributed by atoms with E-state index in [0.29, 0.717) is 25.9 Å². The van der Waals surface area contributed by atoms with Gasteiger partial charge in [-0.05, 0) is 44.2 Å². The van der Waals surface area contributed by atoms with Gasteiger partial charge in [0.15, 0.2) is 0 Å². The standard InChI is InChI=1S/C24H32N4O3/c1-17-7-8-18(15-21(17)31-2)27-11-13-28(14-12-27)23(30)20-6-4-3-5-19(20)22(29)26-24(16-25)9-10-24/h7-8,15,19-20H,3-6,9-14H2,1-2H3,(H,26,29)/t19-,20-/m1/s1. The van der Waals surface area contributed by atoms with Crippen molar-refractivity contribution in [2.24, 2.45) is 11.8 Å². The SMILES string of the molecule is COc1cc(N2CCN(C(=O)[C@@H]3CCCC[C@H]3C(=O)NC3(C#N)CC3)CC2)ccc1C. The summed E-state index contributed by atoms with van der Waals surface area (Å²) in [5.74, 6) is 0.281. The fourth-order valence-electron chi connectivity index (χ4n) is 4.88. The Bertz CT molecular complexity index is 881. The number of hydrogen-bond donors (Lipinski definition) is 1. The van der Waals surface area contributed by atoms with Gasteiger partial charge in [-0.3, -0.25) is 9.59 Å². The number of anilines is 1. The van der Waals surface area contributed by atoms with Crippen molar-refractivity contribution < 1.29 is 14.3 Å². The van der Waals surface area contributed by atoms with Crippen LogP contribution >= 0.6 is 0 Å². The molecule has 166 valence electrons. The van der Waals surface area contributed by atoms with Gasteiger partial charge in [0, 0.05) is 49.8 Å². The molecule has 7 heteroatoms. The first kappa shape index (κ1) is 21.5. The second-order valence-corrected chi connectivity index (χ2v) is 9.15. The van der Waals surface area contributed by atoms with Gasteiger partial charge in [0.05, 0.1) is 13.2 Å². The van der Waals surface area contributed by atoms with Crippen molar-refractivity contribution in [2.75, 3.05) is 38.2 Å². The molecule has 1 aromatic rings. The van der Waals surface area contributed by atoms with E-state index in [1.54, 1.807) is 7.11 Å². The molecule has 2 atom stereocenters. The van der Waals surface area contributed by atoms with Crippen LogP contribution in [0.2, 0.25) is 0 Å². The van der Waals surface area contributed by atoms with Gasteiger partial charge in [-0.15, -0.1) is 0 Å². The van der Waals surface area contributed by atoms with Gasteiger partial charge in [-0.25, -0.2) is 0 Å². The normalized spacial score (nSPS) is 24.8. The summed E-state index contributed by atoms with van der Waals surface area (Å²) in [5.41, 5.74) is 1.53. The van der Waals surface area contributed by atoms with E-state index in [1.165, 1.54) is 0 Å². The lowest BCUT2D eigenvalue weighted by Gasteiger charge is -2.40. The molecule has 2 saturated carbocycles.